The third-order valence-electron chi connectivity index (χ3n) is 5.81. The quantitative estimate of drug-likeness (QED) is 0.455. The van der Waals surface area contributed by atoms with E-state index in [1.54, 1.807) is 11.7 Å². The molecule has 8 heteroatoms. The molecule has 2 amide bonds. The summed E-state index contributed by atoms with van der Waals surface area (Å²) in [6.45, 7) is 8.93. The molecule has 2 N–H and O–H groups in total. The first-order chi connectivity index (χ1) is 15.9. The van der Waals surface area contributed by atoms with E-state index in [-0.39, 0.29) is 6.03 Å². The lowest BCUT2D eigenvalue weighted by molar-refractivity contribution is 0.251. The Bertz CT molecular complexity index is 1080. The molecule has 0 aliphatic carbocycles. The van der Waals surface area contributed by atoms with Gasteiger partial charge in [-0.25, -0.2) is 9.48 Å². The number of aryl methyl sites for hydroxylation is 4. The number of carbonyl (C=O) groups is 1. The molecule has 8 nitrogen and oxygen atoms in total. The molecule has 0 aliphatic heterocycles. The van der Waals surface area contributed by atoms with E-state index in [1.807, 2.05) is 18.2 Å². The zero-order valence-electron chi connectivity index (χ0n) is 20.4. The van der Waals surface area contributed by atoms with E-state index in [1.165, 1.54) is 16.7 Å². The van der Waals surface area contributed by atoms with Gasteiger partial charge in [0.15, 0.2) is 5.82 Å². The summed E-state index contributed by atoms with van der Waals surface area (Å²) in [5, 5.41) is 17.6. The number of hydrogen-bond acceptors (Lipinski definition) is 5. The predicted molar refractivity (Wildman–Crippen MR) is 132 cm³/mol. The summed E-state index contributed by atoms with van der Waals surface area (Å²) in [4.78, 5) is 14.7. The van der Waals surface area contributed by atoms with E-state index in [9.17, 15) is 4.79 Å². The van der Waals surface area contributed by atoms with Crippen molar-refractivity contribution in [2.75, 3.05) is 25.5 Å². The first kappa shape index (κ1) is 24.4. The number of unbranched alkanes of at least 4 members (excludes halogenated alkanes) is 1. The second kappa shape index (κ2) is 11.6. The fraction of sp³-hybridized carbons (Fsp3) is 0.440. The molecule has 0 atom stereocenters. The van der Waals surface area contributed by atoms with Gasteiger partial charge >= 0.3 is 6.03 Å². The van der Waals surface area contributed by atoms with Gasteiger partial charge < -0.3 is 15.5 Å². The van der Waals surface area contributed by atoms with Crippen LogP contribution in [0.15, 0.2) is 36.4 Å². The fourth-order valence-corrected chi connectivity index (χ4v) is 3.75. The zero-order chi connectivity index (χ0) is 23.8. The van der Waals surface area contributed by atoms with Gasteiger partial charge in [0.1, 0.15) is 0 Å². The molecule has 0 unspecified atom stereocenters. The summed E-state index contributed by atoms with van der Waals surface area (Å²) in [5.74, 6) is 0.665. The van der Waals surface area contributed by atoms with E-state index in [0.717, 1.165) is 49.2 Å². The summed E-state index contributed by atoms with van der Waals surface area (Å²) in [6.07, 6.45) is 2.80. The number of anilines is 1. The Balaban J connectivity index is 1.42. The summed E-state index contributed by atoms with van der Waals surface area (Å²) in [6, 6.07) is 12.4. The van der Waals surface area contributed by atoms with Crippen molar-refractivity contribution in [2.24, 2.45) is 7.05 Å². The number of tetrazole rings is 1. The van der Waals surface area contributed by atoms with Crippen molar-refractivity contribution in [3.63, 3.8) is 0 Å². The standard InChI is InChI=1S/C25H35N7O/c1-6-20-14-22(24-28-29-30-32(24)5)16-23(15-20)27-25(33)26-11-7-8-12-31(4)17-21-10-9-18(2)19(3)13-21/h9-10,13-16H,6-8,11-12,17H2,1-5H3,(H2,26,27,33). The second-order valence-electron chi connectivity index (χ2n) is 8.64. The number of aromatic nitrogens is 4. The molecule has 1 heterocycles. The van der Waals surface area contributed by atoms with Gasteiger partial charge in [-0.05, 0) is 97.6 Å². The molecule has 0 spiro atoms. The lowest BCUT2D eigenvalue weighted by Crippen LogP contribution is -2.30. The molecule has 0 saturated carbocycles. The summed E-state index contributed by atoms with van der Waals surface area (Å²) in [5.41, 5.74) is 6.72. The lowest BCUT2D eigenvalue weighted by Gasteiger charge is -2.17. The Morgan fingerprint density at radius 3 is 2.58 bits per heavy atom. The van der Waals surface area contributed by atoms with E-state index in [4.69, 9.17) is 0 Å². The number of benzene rings is 2. The van der Waals surface area contributed by atoms with Crippen LogP contribution in [-0.4, -0.2) is 51.3 Å². The molecule has 3 aromatic rings. The van der Waals surface area contributed by atoms with Crippen LogP contribution in [0.1, 0.15) is 42.0 Å². The fourth-order valence-electron chi connectivity index (χ4n) is 3.75. The van der Waals surface area contributed by atoms with Crippen LogP contribution in [0.5, 0.6) is 0 Å². The maximum absolute atomic E-state index is 12.4. The molecule has 33 heavy (non-hydrogen) atoms. The van der Waals surface area contributed by atoms with E-state index < -0.39 is 0 Å². The van der Waals surface area contributed by atoms with Crippen LogP contribution in [0, 0.1) is 13.8 Å². The van der Waals surface area contributed by atoms with Gasteiger partial charge in [0.05, 0.1) is 0 Å². The van der Waals surface area contributed by atoms with Crippen LogP contribution in [0.3, 0.4) is 0 Å². The Labute approximate surface area is 196 Å². The van der Waals surface area contributed by atoms with Crippen molar-refractivity contribution >= 4 is 11.7 Å². The molecular formula is C25H35N7O. The monoisotopic (exact) mass is 449 g/mol. The Hall–Kier alpha value is -3.26. The molecule has 3 rings (SSSR count). The SMILES string of the molecule is CCc1cc(NC(=O)NCCCCN(C)Cc2ccc(C)c(C)c2)cc(-c2nnnn2C)c1. The normalized spacial score (nSPS) is 11.1. The third kappa shape index (κ3) is 7.12. The van der Waals surface area contributed by atoms with Gasteiger partial charge in [-0.15, -0.1) is 5.10 Å². The molecular weight excluding hydrogens is 414 g/mol. The Kier molecular flexibility index (Phi) is 8.54. The molecule has 0 saturated heterocycles. The van der Waals surface area contributed by atoms with Gasteiger partial charge in [0, 0.05) is 31.4 Å². The molecule has 1 aromatic heterocycles. The highest BCUT2D eigenvalue weighted by molar-refractivity contribution is 5.90. The Morgan fingerprint density at radius 1 is 1.06 bits per heavy atom. The first-order valence-corrected chi connectivity index (χ1v) is 11.5. The number of rotatable bonds is 10. The lowest BCUT2D eigenvalue weighted by atomic mass is 10.1. The minimum absolute atomic E-state index is 0.200. The van der Waals surface area contributed by atoms with Gasteiger partial charge in [0.25, 0.3) is 0 Å². The highest BCUT2D eigenvalue weighted by Gasteiger charge is 2.10. The molecule has 0 fully saturated rings. The summed E-state index contributed by atoms with van der Waals surface area (Å²) in [7, 11) is 3.94. The van der Waals surface area contributed by atoms with E-state index >= 15 is 0 Å². The maximum Gasteiger partial charge on any atom is 0.319 e. The molecule has 2 aromatic carbocycles. The van der Waals surface area contributed by atoms with Crippen molar-refractivity contribution in [3.8, 4) is 11.4 Å². The molecule has 176 valence electrons. The number of nitrogens with one attached hydrogen (secondary N) is 2. The molecule has 0 aliphatic rings. The van der Waals surface area contributed by atoms with Gasteiger partial charge in [-0.3, -0.25) is 0 Å². The summed E-state index contributed by atoms with van der Waals surface area (Å²) < 4.78 is 1.62. The smallest absolute Gasteiger partial charge is 0.319 e. The van der Waals surface area contributed by atoms with Crippen molar-refractivity contribution in [2.45, 2.75) is 46.6 Å². The van der Waals surface area contributed by atoms with Crippen LogP contribution in [0.2, 0.25) is 0 Å². The van der Waals surface area contributed by atoms with Crippen molar-refractivity contribution in [1.29, 1.82) is 0 Å². The number of hydrogen-bond donors (Lipinski definition) is 2. The highest BCUT2D eigenvalue weighted by Crippen LogP contribution is 2.23. The highest BCUT2D eigenvalue weighted by atomic mass is 16.2. The van der Waals surface area contributed by atoms with Gasteiger partial charge in [-0.1, -0.05) is 25.1 Å². The molecule has 0 bridgehead atoms. The third-order valence-corrected chi connectivity index (χ3v) is 5.81. The van der Waals surface area contributed by atoms with Crippen molar-refractivity contribution < 1.29 is 4.79 Å². The van der Waals surface area contributed by atoms with E-state index in [0.29, 0.717) is 12.4 Å². The van der Waals surface area contributed by atoms with Crippen molar-refractivity contribution in [1.82, 2.24) is 30.4 Å². The number of amides is 2. The minimum atomic E-state index is -0.200. The zero-order valence-corrected chi connectivity index (χ0v) is 20.4. The van der Waals surface area contributed by atoms with Crippen LogP contribution in [0.25, 0.3) is 11.4 Å². The summed E-state index contributed by atoms with van der Waals surface area (Å²) >= 11 is 0. The number of nitrogens with zero attached hydrogens (tertiary/aromatic N) is 5. The topological polar surface area (TPSA) is 88.0 Å². The van der Waals surface area contributed by atoms with Crippen LogP contribution >= 0.6 is 0 Å². The largest absolute Gasteiger partial charge is 0.338 e. The number of urea groups is 1. The number of carbonyl (C=O) groups excluding carboxylic acids is 1. The van der Waals surface area contributed by atoms with Gasteiger partial charge in [0.2, 0.25) is 0 Å². The van der Waals surface area contributed by atoms with Crippen molar-refractivity contribution in [3.05, 3.63) is 58.7 Å². The second-order valence-corrected chi connectivity index (χ2v) is 8.64. The average molecular weight is 450 g/mol. The molecule has 0 radical (unpaired) electrons. The maximum atomic E-state index is 12.4. The average Bonchev–Trinajstić information content (AvgIpc) is 3.21. The first-order valence-electron chi connectivity index (χ1n) is 11.5. The van der Waals surface area contributed by atoms with Crippen LogP contribution < -0.4 is 10.6 Å². The van der Waals surface area contributed by atoms with E-state index in [2.05, 4.69) is 77.1 Å². The van der Waals surface area contributed by atoms with Crippen LogP contribution in [0.4, 0.5) is 10.5 Å². The van der Waals surface area contributed by atoms with Crippen LogP contribution in [-0.2, 0) is 20.0 Å². The minimum Gasteiger partial charge on any atom is -0.338 e. The van der Waals surface area contributed by atoms with Gasteiger partial charge in [-0.2, -0.15) is 0 Å². The Morgan fingerprint density at radius 2 is 1.88 bits per heavy atom. The predicted octanol–water partition coefficient (Wildman–Crippen LogP) is 4.09.